The number of furan rings is 1. The Bertz CT molecular complexity index is 975. The lowest BCUT2D eigenvalue weighted by molar-refractivity contribution is -0.115. The van der Waals surface area contributed by atoms with Gasteiger partial charge in [0.25, 0.3) is 0 Å². The highest BCUT2D eigenvalue weighted by Crippen LogP contribution is 2.29. The van der Waals surface area contributed by atoms with Gasteiger partial charge in [-0.25, -0.2) is 9.78 Å². The van der Waals surface area contributed by atoms with Gasteiger partial charge in [0.1, 0.15) is 23.7 Å². The summed E-state index contributed by atoms with van der Waals surface area (Å²) < 4.78 is 10.9. The molecule has 1 aromatic carbocycles. The number of anilines is 2. The first-order valence-electron chi connectivity index (χ1n) is 8.42. The number of carbonyl (C=O) groups is 2. The van der Waals surface area contributed by atoms with Gasteiger partial charge in [0.2, 0.25) is 5.91 Å². The van der Waals surface area contributed by atoms with Gasteiger partial charge in [0.05, 0.1) is 11.4 Å². The van der Waals surface area contributed by atoms with E-state index < -0.39 is 5.97 Å². The Morgan fingerprint density at radius 1 is 1.15 bits per heavy atom. The van der Waals surface area contributed by atoms with E-state index in [1.54, 1.807) is 12.3 Å². The maximum atomic E-state index is 12.4. The predicted molar refractivity (Wildman–Crippen MR) is 103 cm³/mol. The fourth-order valence-electron chi connectivity index (χ4n) is 2.78. The summed E-state index contributed by atoms with van der Waals surface area (Å²) in [4.78, 5) is 30.4. The summed E-state index contributed by atoms with van der Waals surface area (Å²) in [6.45, 7) is 6.89. The number of benzene rings is 1. The van der Waals surface area contributed by atoms with Gasteiger partial charge in [-0.3, -0.25) is 9.69 Å². The van der Waals surface area contributed by atoms with Crippen LogP contribution in [0.25, 0.3) is 0 Å². The van der Waals surface area contributed by atoms with Crippen LogP contribution in [0, 0.1) is 20.8 Å². The SMILES string of the molecule is CC(=O)N(c1ccccc1)c1nc(COC(=O)c2c(C)oc(C)c2C)cs1. The molecule has 0 saturated heterocycles. The van der Waals surface area contributed by atoms with Gasteiger partial charge in [-0.1, -0.05) is 18.2 Å². The molecule has 0 fully saturated rings. The maximum absolute atomic E-state index is 12.4. The number of amides is 1. The molecule has 6 nitrogen and oxygen atoms in total. The molecule has 0 bridgehead atoms. The number of aryl methyl sites for hydroxylation is 2. The highest BCUT2D eigenvalue weighted by Gasteiger charge is 2.21. The second-order valence-electron chi connectivity index (χ2n) is 6.10. The number of esters is 1. The summed E-state index contributed by atoms with van der Waals surface area (Å²) in [5.41, 5.74) is 2.56. The van der Waals surface area contributed by atoms with Crippen molar-refractivity contribution in [3.63, 3.8) is 0 Å². The zero-order valence-corrected chi connectivity index (χ0v) is 16.4. The first-order chi connectivity index (χ1) is 12.9. The van der Waals surface area contributed by atoms with Crippen LogP contribution < -0.4 is 4.90 Å². The third kappa shape index (κ3) is 3.93. The number of thiazole rings is 1. The zero-order chi connectivity index (χ0) is 19.6. The average molecular weight is 384 g/mol. The second-order valence-corrected chi connectivity index (χ2v) is 6.94. The number of nitrogens with zero attached hydrogens (tertiary/aromatic N) is 2. The summed E-state index contributed by atoms with van der Waals surface area (Å²) in [6, 6.07) is 9.29. The fraction of sp³-hybridized carbons (Fsp3) is 0.250. The van der Waals surface area contributed by atoms with Crippen molar-refractivity contribution in [1.82, 2.24) is 4.98 Å². The van der Waals surface area contributed by atoms with Crippen molar-refractivity contribution < 1.29 is 18.7 Å². The summed E-state index contributed by atoms with van der Waals surface area (Å²) in [5.74, 6) is 0.665. The molecule has 2 aromatic heterocycles. The van der Waals surface area contributed by atoms with Gasteiger partial charge in [-0.15, -0.1) is 11.3 Å². The molecule has 0 saturated carbocycles. The Kier molecular flexibility index (Phi) is 5.41. The minimum absolute atomic E-state index is 0.0268. The number of aromatic nitrogens is 1. The van der Waals surface area contributed by atoms with Crippen LogP contribution in [0.4, 0.5) is 10.8 Å². The normalized spacial score (nSPS) is 10.7. The van der Waals surface area contributed by atoms with Crippen LogP contribution in [-0.2, 0) is 16.1 Å². The van der Waals surface area contributed by atoms with Crippen LogP contribution in [0.5, 0.6) is 0 Å². The first-order valence-corrected chi connectivity index (χ1v) is 9.30. The molecule has 3 rings (SSSR count). The molecule has 0 spiro atoms. The van der Waals surface area contributed by atoms with E-state index in [0.29, 0.717) is 27.9 Å². The summed E-state index contributed by atoms with van der Waals surface area (Å²) in [5, 5.41) is 2.31. The van der Waals surface area contributed by atoms with Crippen LogP contribution in [0.15, 0.2) is 40.1 Å². The van der Waals surface area contributed by atoms with Crippen LogP contribution in [0.2, 0.25) is 0 Å². The molecule has 0 aliphatic heterocycles. The zero-order valence-electron chi connectivity index (χ0n) is 15.6. The third-order valence-electron chi connectivity index (χ3n) is 4.18. The molecule has 0 aliphatic rings. The Morgan fingerprint density at radius 3 is 2.44 bits per heavy atom. The smallest absolute Gasteiger partial charge is 0.342 e. The van der Waals surface area contributed by atoms with Crippen LogP contribution in [0.1, 0.15) is 40.1 Å². The molecule has 0 unspecified atom stereocenters. The topological polar surface area (TPSA) is 72.6 Å². The Labute approximate surface area is 161 Å². The minimum atomic E-state index is -0.442. The lowest BCUT2D eigenvalue weighted by Gasteiger charge is -2.17. The average Bonchev–Trinajstić information content (AvgIpc) is 3.18. The Morgan fingerprint density at radius 2 is 1.85 bits per heavy atom. The highest BCUT2D eigenvalue weighted by molar-refractivity contribution is 7.14. The summed E-state index contributed by atoms with van der Waals surface area (Å²) in [7, 11) is 0. The van der Waals surface area contributed by atoms with E-state index in [1.807, 2.05) is 44.2 Å². The standard InChI is InChI=1S/C20H20N2O4S/c1-12-13(2)26-14(3)18(12)19(24)25-10-16-11-27-20(21-16)22(15(4)23)17-8-6-5-7-9-17/h5-9,11H,10H2,1-4H3. The molecule has 7 heteroatoms. The van der Waals surface area contributed by atoms with Gasteiger partial charge in [-0.2, -0.15) is 0 Å². The molecule has 1 amide bonds. The summed E-state index contributed by atoms with van der Waals surface area (Å²) >= 11 is 1.32. The number of carbonyl (C=O) groups excluding carboxylic acids is 2. The van der Waals surface area contributed by atoms with Crippen molar-refractivity contribution in [2.75, 3.05) is 4.90 Å². The molecule has 0 radical (unpaired) electrons. The third-order valence-corrected chi connectivity index (χ3v) is 5.05. The van der Waals surface area contributed by atoms with Gasteiger partial charge < -0.3 is 9.15 Å². The van der Waals surface area contributed by atoms with E-state index >= 15 is 0 Å². The van der Waals surface area contributed by atoms with E-state index in [-0.39, 0.29) is 12.5 Å². The largest absolute Gasteiger partial charge is 0.465 e. The number of ether oxygens (including phenoxy) is 1. The van der Waals surface area contributed by atoms with Crippen LogP contribution >= 0.6 is 11.3 Å². The summed E-state index contributed by atoms with van der Waals surface area (Å²) in [6.07, 6.45) is 0. The number of hydrogen-bond acceptors (Lipinski definition) is 6. The van der Waals surface area contributed by atoms with Crippen LogP contribution in [0.3, 0.4) is 0 Å². The van der Waals surface area contributed by atoms with Gasteiger partial charge >= 0.3 is 5.97 Å². The van der Waals surface area contributed by atoms with Gasteiger partial charge in [0.15, 0.2) is 5.13 Å². The van der Waals surface area contributed by atoms with Gasteiger partial charge in [0, 0.05) is 17.9 Å². The second kappa shape index (κ2) is 7.75. The molecule has 0 N–H and O–H groups in total. The van der Waals surface area contributed by atoms with Gasteiger partial charge in [-0.05, 0) is 32.9 Å². The van der Waals surface area contributed by atoms with Crippen molar-refractivity contribution in [1.29, 1.82) is 0 Å². The lowest BCUT2D eigenvalue weighted by atomic mass is 10.1. The Balaban J connectivity index is 1.74. The minimum Gasteiger partial charge on any atom is -0.465 e. The van der Waals surface area contributed by atoms with Crippen molar-refractivity contribution in [2.45, 2.75) is 34.3 Å². The number of hydrogen-bond donors (Lipinski definition) is 0. The van der Waals surface area contributed by atoms with Crippen LogP contribution in [-0.4, -0.2) is 16.9 Å². The van der Waals surface area contributed by atoms with Crippen molar-refractivity contribution in [3.05, 3.63) is 64.1 Å². The van der Waals surface area contributed by atoms with Crippen molar-refractivity contribution in [3.8, 4) is 0 Å². The molecule has 2 heterocycles. The maximum Gasteiger partial charge on any atom is 0.342 e. The first kappa shape index (κ1) is 18.8. The lowest BCUT2D eigenvalue weighted by Crippen LogP contribution is -2.22. The molecule has 0 atom stereocenters. The predicted octanol–water partition coefficient (Wildman–Crippen LogP) is 4.70. The van der Waals surface area contributed by atoms with E-state index in [9.17, 15) is 9.59 Å². The highest BCUT2D eigenvalue weighted by atomic mass is 32.1. The van der Waals surface area contributed by atoms with E-state index in [1.165, 1.54) is 23.2 Å². The Hall–Kier alpha value is -2.93. The fourth-order valence-corrected chi connectivity index (χ4v) is 3.65. The molecule has 3 aromatic rings. The van der Waals surface area contributed by atoms with Crippen molar-refractivity contribution in [2.24, 2.45) is 0 Å². The number of rotatable bonds is 5. The molecular weight excluding hydrogens is 364 g/mol. The van der Waals surface area contributed by atoms with Crippen molar-refractivity contribution >= 4 is 34.0 Å². The molecular formula is C20H20N2O4S. The van der Waals surface area contributed by atoms with E-state index in [2.05, 4.69) is 4.98 Å². The molecule has 27 heavy (non-hydrogen) atoms. The molecule has 0 aliphatic carbocycles. The van der Waals surface area contributed by atoms with E-state index in [4.69, 9.17) is 9.15 Å². The number of para-hydroxylation sites is 1. The molecule has 140 valence electrons. The monoisotopic (exact) mass is 384 g/mol. The quantitative estimate of drug-likeness (QED) is 0.596. The van der Waals surface area contributed by atoms with E-state index in [0.717, 1.165) is 11.3 Å².